The van der Waals surface area contributed by atoms with Crippen LogP contribution in [0.3, 0.4) is 0 Å². The lowest BCUT2D eigenvalue weighted by molar-refractivity contribution is 0.136. The number of anilines is 4. The van der Waals surface area contributed by atoms with Crippen molar-refractivity contribution in [2.75, 3.05) is 10.6 Å². The number of fused-ring (bicyclic) bond motifs is 4. The van der Waals surface area contributed by atoms with Gasteiger partial charge >= 0.3 is 6.09 Å². The number of hydrogen-bond acceptors (Lipinski definition) is 6. The second kappa shape index (κ2) is 7.67. The van der Waals surface area contributed by atoms with E-state index in [1.165, 1.54) is 29.5 Å². The van der Waals surface area contributed by atoms with E-state index in [0.29, 0.717) is 16.8 Å². The van der Waals surface area contributed by atoms with Crippen molar-refractivity contribution in [3.8, 4) is 0 Å². The number of carbonyl (C=O) groups is 1. The number of aryl methyl sites for hydroxylation is 1. The minimum Gasteiger partial charge on any atom is -0.443 e. The Balaban J connectivity index is 1.25. The van der Waals surface area contributed by atoms with Gasteiger partial charge in [-0.25, -0.2) is 9.78 Å². The summed E-state index contributed by atoms with van der Waals surface area (Å²) in [6.07, 6.45) is 6.44. The standard InChI is InChI=1S/C24H22ClN5O2/c25-18-12-26-23(30-22(18)28-19-7-3-5-13-4-1-2-6-16(13)19)27-15-9-8-14-10-20-21(17(14)11-15)29-24(31)32-20/h3,5,7-9,11-12,20-21H,1-2,4,6,10H2,(H,29,31)(H2,26,27,28,30)/t20?,21-/m1/s1. The fourth-order valence-corrected chi connectivity index (χ4v) is 5.07. The SMILES string of the molecule is O=C1N[C@@H]2c3cc(Nc4ncc(Cl)c(Nc5cccc6c5CCCC6)n4)ccc3CC2O1. The van der Waals surface area contributed by atoms with E-state index in [9.17, 15) is 4.79 Å². The van der Waals surface area contributed by atoms with Gasteiger partial charge in [0, 0.05) is 17.8 Å². The van der Waals surface area contributed by atoms with Crippen LogP contribution in [-0.2, 0) is 24.0 Å². The molecule has 1 unspecified atom stereocenters. The van der Waals surface area contributed by atoms with Crippen molar-refractivity contribution in [1.82, 2.24) is 15.3 Å². The number of ether oxygens (including phenoxy) is 1. The highest BCUT2D eigenvalue weighted by atomic mass is 35.5. The summed E-state index contributed by atoms with van der Waals surface area (Å²) in [5, 5.41) is 10.0. The summed E-state index contributed by atoms with van der Waals surface area (Å²) in [7, 11) is 0. The molecule has 0 spiro atoms. The molecule has 32 heavy (non-hydrogen) atoms. The molecule has 1 aliphatic heterocycles. The lowest BCUT2D eigenvalue weighted by atomic mass is 9.90. The minimum atomic E-state index is -0.358. The van der Waals surface area contributed by atoms with Gasteiger partial charge in [0.25, 0.3) is 0 Å². The molecule has 2 aromatic carbocycles. The van der Waals surface area contributed by atoms with E-state index in [4.69, 9.17) is 16.3 Å². The summed E-state index contributed by atoms with van der Waals surface area (Å²) in [5.41, 5.74) is 6.87. The van der Waals surface area contributed by atoms with Gasteiger partial charge in [0.05, 0.1) is 12.2 Å². The highest BCUT2D eigenvalue weighted by Crippen LogP contribution is 2.38. The summed E-state index contributed by atoms with van der Waals surface area (Å²) in [5.74, 6) is 1.02. The summed E-state index contributed by atoms with van der Waals surface area (Å²) < 4.78 is 5.33. The van der Waals surface area contributed by atoms with Crippen molar-refractivity contribution >= 4 is 40.8 Å². The first-order chi connectivity index (χ1) is 15.6. The first kappa shape index (κ1) is 19.4. The number of hydrogen-bond donors (Lipinski definition) is 3. The van der Waals surface area contributed by atoms with Gasteiger partial charge in [0.2, 0.25) is 5.95 Å². The molecule has 0 radical (unpaired) electrons. The number of halogens is 1. The van der Waals surface area contributed by atoms with Crippen molar-refractivity contribution in [2.45, 2.75) is 44.2 Å². The maximum absolute atomic E-state index is 11.6. The second-order valence-corrected chi connectivity index (χ2v) is 8.88. The fourth-order valence-electron chi connectivity index (χ4n) is 4.93. The zero-order valence-electron chi connectivity index (χ0n) is 17.3. The predicted molar refractivity (Wildman–Crippen MR) is 123 cm³/mol. The molecule has 0 saturated carbocycles. The molecule has 1 saturated heterocycles. The molecule has 8 heteroatoms. The summed E-state index contributed by atoms with van der Waals surface area (Å²) in [6.45, 7) is 0. The third-order valence-electron chi connectivity index (χ3n) is 6.45. The average Bonchev–Trinajstić information content (AvgIpc) is 3.32. The molecule has 0 bridgehead atoms. The molecule has 1 aromatic heterocycles. The van der Waals surface area contributed by atoms with Crippen LogP contribution in [0.2, 0.25) is 5.02 Å². The zero-order chi connectivity index (χ0) is 21.7. The number of nitrogens with one attached hydrogen (secondary N) is 3. The van der Waals surface area contributed by atoms with Crippen molar-refractivity contribution in [1.29, 1.82) is 0 Å². The lowest BCUT2D eigenvalue weighted by Gasteiger charge is -2.20. The molecule has 2 atom stereocenters. The molecule has 162 valence electrons. The number of alkyl carbamates (subject to hydrolysis) is 1. The Kier molecular flexibility index (Phi) is 4.64. The molecule has 1 fully saturated rings. The van der Waals surface area contributed by atoms with Gasteiger partial charge in [-0.3, -0.25) is 0 Å². The van der Waals surface area contributed by atoms with Crippen LogP contribution in [0.5, 0.6) is 0 Å². The van der Waals surface area contributed by atoms with Gasteiger partial charge in [-0.1, -0.05) is 29.8 Å². The van der Waals surface area contributed by atoms with Crippen molar-refractivity contribution in [3.05, 3.63) is 69.9 Å². The number of nitrogens with zero attached hydrogens (tertiary/aromatic N) is 2. The molecule has 6 rings (SSSR count). The van der Waals surface area contributed by atoms with Crippen LogP contribution in [0.15, 0.2) is 42.6 Å². The number of aromatic nitrogens is 2. The molecule has 2 aliphatic carbocycles. The van der Waals surface area contributed by atoms with Crippen LogP contribution in [0.1, 0.15) is 41.1 Å². The van der Waals surface area contributed by atoms with Gasteiger partial charge in [-0.05, 0) is 66.1 Å². The molecule has 3 aliphatic rings. The number of benzene rings is 2. The van der Waals surface area contributed by atoms with Crippen molar-refractivity contribution in [3.63, 3.8) is 0 Å². The van der Waals surface area contributed by atoms with E-state index in [1.54, 1.807) is 6.20 Å². The van der Waals surface area contributed by atoms with Crippen LogP contribution in [0.25, 0.3) is 0 Å². The summed E-state index contributed by atoms with van der Waals surface area (Å²) in [6, 6.07) is 12.3. The van der Waals surface area contributed by atoms with E-state index in [0.717, 1.165) is 36.2 Å². The molecule has 3 N–H and O–H groups in total. The fraction of sp³-hybridized carbons (Fsp3) is 0.292. The highest BCUT2D eigenvalue weighted by molar-refractivity contribution is 6.32. The van der Waals surface area contributed by atoms with E-state index in [-0.39, 0.29) is 18.2 Å². The Bertz CT molecular complexity index is 1230. The first-order valence-corrected chi connectivity index (χ1v) is 11.3. The van der Waals surface area contributed by atoms with Gasteiger partial charge < -0.3 is 20.7 Å². The maximum Gasteiger partial charge on any atom is 0.408 e. The van der Waals surface area contributed by atoms with Crippen molar-refractivity contribution < 1.29 is 9.53 Å². The number of rotatable bonds is 4. The van der Waals surface area contributed by atoms with E-state index in [1.807, 2.05) is 12.1 Å². The minimum absolute atomic E-state index is 0.105. The summed E-state index contributed by atoms with van der Waals surface area (Å²) in [4.78, 5) is 20.5. The lowest BCUT2D eigenvalue weighted by Crippen LogP contribution is -2.18. The zero-order valence-corrected chi connectivity index (χ0v) is 18.1. The second-order valence-electron chi connectivity index (χ2n) is 8.47. The molecular weight excluding hydrogens is 426 g/mol. The number of amides is 1. The third kappa shape index (κ3) is 3.42. The Hall–Kier alpha value is -3.32. The van der Waals surface area contributed by atoms with Crippen molar-refractivity contribution in [2.24, 2.45) is 0 Å². The Morgan fingerprint density at radius 3 is 2.94 bits per heavy atom. The first-order valence-electron chi connectivity index (χ1n) is 10.9. The van der Waals surface area contributed by atoms with Crippen LogP contribution >= 0.6 is 11.6 Å². The van der Waals surface area contributed by atoms with Crippen LogP contribution in [0, 0.1) is 0 Å². The van der Waals surface area contributed by atoms with Crippen LogP contribution in [-0.4, -0.2) is 22.2 Å². The highest BCUT2D eigenvalue weighted by Gasteiger charge is 2.41. The predicted octanol–water partition coefficient (Wildman–Crippen LogP) is 5.20. The molecule has 3 aromatic rings. The molecular formula is C24H22ClN5O2. The topological polar surface area (TPSA) is 88.2 Å². The van der Waals surface area contributed by atoms with Gasteiger partial charge in [-0.2, -0.15) is 4.98 Å². The summed E-state index contributed by atoms with van der Waals surface area (Å²) >= 11 is 6.41. The van der Waals surface area contributed by atoms with Gasteiger partial charge in [0.15, 0.2) is 5.82 Å². The largest absolute Gasteiger partial charge is 0.443 e. The van der Waals surface area contributed by atoms with E-state index >= 15 is 0 Å². The Morgan fingerprint density at radius 1 is 1.09 bits per heavy atom. The quantitative estimate of drug-likeness (QED) is 0.509. The van der Waals surface area contributed by atoms with E-state index < -0.39 is 0 Å². The average molecular weight is 448 g/mol. The Morgan fingerprint density at radius 2 is 2.00 bits per heavy atom. The smallest absolute Gasteiger partial charge is 0.408 e. The van der Waals surface area contributed by atoms with Gasteiger partial charge in [0.1, 0.15) is 11.1 Å². The van der Waals surface area contributed by atoms with Gasteiger partial charge in [-0.15, -0.1) is 0 Å². The van der Waals surface area contributed by atoms with Crippen LogP contribution in [0.4, 0.5) is 27.9 Å². The van der Waals surface area contributed by atoms with Crippen LogP contribution < -0.4 is 16.0 Å². The molecule has 2 heterocycles. The number of carbonyl (C=O) groups excluding carboxylic acids is 1. The third-order valence-corrected chi connectivity index (χ3v) is 6.73. The van der Waals surface area contributed by atoms with E-state index in [2.05, 4.69) is 50.2 Å². The molecule has 7 nitrogen and oxygen atoms in total. The maximum atomic E-state index is 11.6. The monoisotopic (exact) mass is 447 g/mol. The normalized spacial score (nSPS) is 20.6. The molecule has 1 amide bonds. The Labute approximate surface area is 190 Å².